The van der Waals surface area contributed by atoms with Crippen molar-refractivity contribution in [2.24, 2.45) is 11.8 Å². The molecule has 1 N–H and O–H groups in total. The molecule has 0 aliphatic carbocycles. The number of amides is 3. The van der Waals surface area contributed by atoms with Crippen molar-refractivity contribution in [3.05, 3.63) is 61.2 Å². The highest BCUT2D eigenvalue weighted by Crippen LogP contribution is 2.71. The molecule has 2 bridgehead atoms. The highest BCUT2D eigenvalue weighted by atomic mass is 32.2. The zero-order chi connectivity index (χ0) is 27.7. The molecular formula is C30H41N3O4S. The first kappa shape index (κ1) is 28.4. The smallest absolute Gasteiger partial charge is 0.247 e. The molecule has 3 saturated heterocycles. The molecule has 1 aromatic rings. The van der Waals surface area contributed by atoms with E-state index < -0.39 is 33.4 Å². The second-order valence-electron chi connectivity index (χ2n) is 11.1. The zero-order valence-corrected chi connectivity index (χ0v) is 23.7. The molecule has 3 aliphatic heterocycles. The zero-order valence-electron chi connectivity index (χ0n) is 22.8. The molecule has 8 heteroatoms. The molecule has 3 amide bonds. The Hall–Kier alpha value is -2.58. The quantitative estimate of drug-likeness (QED) is 0.412. The second-order valence-corrected chi connectivity index (χ2v) is 13.0. The fourth-order valence-electron chi connectivity index (χ4n) is 6.86. The third-order valence-corrected chi connectivity index (χ3v) is 10.5. The number of fused-ring (bicyclic) bond motifs is 1. The molecule has 4 rings (SSSR count). The van der Waals surface area contributed by atoms with Crippen LogP contribution in [0.1, 0.15) is 45.6 Å². The summed E-state index contributed by atoms with van der Waals surface area (Å²) in [6.45, 7) is 15.1. The van der Waals surface area contributed by atoms with Crippen LogP contribution in [-0.2, 0) is 20.9 Å². The maximum atomic E-state index is 14.4. The lowest BCUT2D eigenvalue weighted by atomic mass is 9.66. The van der Waals surface area contributed by atoms with Gasteiger partial charge >= 0.3 is 0 Å². The van der Waals surface area contributed by atoms with Gasteiger partial charge in [0.05, 0.1) is 29.2 Å². The van der Waals surface area contributed by atoms with Crippen LogP contribution in [0.25, 0.3) is 0 Å². The number of benzene rings is 1. The van der Waals surface area contributed by atoms with E-state index in [1.165, 1.54) is 0 Å². The highest BCUT2D eigenvalue weighted by molar-refractivity contribution is 8.02. The highest BCUT2D eigenvalue weighted by Gasteiger charge is 2.77. The Kier molecular flexibility index (Phi) is 8.43. The molecule has 0 aromatic heterocycles. The summed E-state index contributed by atoms with van der Waals surface area (Å²) in [4.78, 5) is 47.9. The Morgan fingerprint density at radius 1 is 1.16 bits per heavy atom. The van der Waals surface area contributed by atoms with E-state index in [1.807, 2.05) is 37.3 Å². The van der Waals surface area contributed by atoms with Gasteiger partial charge in [-0.25, -0.2) is 0 Å². The Morgan fingerprint density at radius 3 is 2.42 bits per heavy atom. The third-order valence-electron chi connectivity index (χ3n) is 8.49. The largest absolute Gasteiger partial charge is 0.394 e. The van der Waals surface area contributed by atoms with Crippen LogP contribution in [-0.4, -0.2) is 85.3 Å². The number of aliphatic hydroxyl groups is 1. The van der Waals surface area contributed by atoms with Crippen molar-refractivity contribution < 1.29 is 19.5 Å². The number of nitrogens with zero attached hydrogens (tertiary/aromatic N) is 3. The van der Waals surface area contributed by atoms with Crippen molar-refractivity contribution in [3.63, 3.8) is 0 Å². The first-order valence-corrected chi connectivity index (χ1v) is 14.5. The van der Waals surface area contributed by atoms with Gasteiger partial charge in [0.15, 0.2) is 0 Å². The Balaban J connectivity index is 1.77. The SMILES string of the molecule is C=CCN(Cc1ccccc1)C(=O)C1N([C@H](C)CO)C(=O)[C@@H]2[C@H](C(=O)N(CC=C)CCC)[C@]3(C)CCC12S3. The van der Waals surface area contributed by atoms with Gasteiger partial charge in [0.2, 0.25) is 17.7 Å². The van der Waals surface area contributed by atoms with E-state index in [-0.39, 0.29) is 24.3 Å². The first-order valence-electron chi connectivity index (χ1n) is 13.7. The van der Waals surface area contributed by atoms with E-state index in [4.69, 9.17) is 0 Å². The third kappa shape index (κ3) is 4.60. The molecule has 3 aliphatic rings. The minimum absolute atomic E-state index is 0.0291. The van der Waals surface area contributed by atoms with Crippen LogP contribution in [0, 0.1) is 11.8 Å². The topological polar surface area (TPSA) is 81.2 Å². The van der Waals surface area contributed by atoms with Crippen molar-refractivity contribution >= 4 is 29.5 Å². The Labute approximate surface area is 230 Å². The van der Waals surface area contributed by atoms with E-state index in [0.29, 0.717) is 32.6 Å². The van der Waals surface area contributed by atoms with Crippen LogP contribution >= 0.6 is 11.8 Å². The van der Waals surface area contributed by atoms with Gasteiger partial charge in [-0.2, -0.15) is 0 Å². The number of likely N-dealkylation sites (tertiary alicyclic amines) is 1. The summed E-state index contributed by atoms with van der Waals surface area (Å²) in [6.07, 6.45) is 5.69. The van der Waals surface area contributed by atoms with Gasteiger partial charge in [0.25, 0.3) is 0 Å². The van der Waals surface area contributed by atoms with E-state index in [9.17, 15) is 19.5 Å². The molecule has 7 nitrogen and oxygen atoms in total. The van der Waals surface area contributed by atoms with Gasteiger partial charge in [-0.1, -0.05) is 49.4 Å². The minimum atomic E-state index is -0.755. The standard InChI is InChI=1S/C30H41N3O4S/c1-6-16-31(17-7-2)26(35)23-24-27(36)33(21(4)20-34)25(30(24)15-14-29(23,5)38-30)28(37)32(18-8-3)19-22-12-10-9-11-13-22/h6,8-13,21,23-25,34H,1,3,7,14-20H2,2,4-5H3/t21-,23-,24+,25?,29+,30?/m1/s1. The lowest BCUT2D eigenvalue weighted by Crippen LogP contribution is -2.56. The lowest BCUT2D eigenvalue weighted by molar-refractivity contribution is -0.147. The molecule has 2 unspecified atom stereocenters. The predicted molar refractivity (Wildman–Crippen MR) is 151 cm³/mol. The summed E-state index contributed by atoms with van der Waals surface area (Å²) in [5.41, 5.74) is 0.992. The minimum Gasteiger partial charge on any atom is -0.394 e. The van der Waals surface area contributed by atoms with Crippen molar-refractivity contribution in [1.29, 1.82) is 0 Å². The molecule has 1 aromatic carbocycles. The Morgan fingerprint density at radius 2 is 1.82 bits per heavy atom. The molecule has 6 atom stereocenters. The van der Waals surface area contributed by atoms with Crippen LogP contribution in [0.5, 0.6) is 0 Å². The molecule has 206 valence electrons. The molecular weight excluding hydrogens is 498 g/mol. The van der Waals surface area contributed by atoms with Crippen molar-refractivity contribution in [2.45, 2.75) is 68.2 Å². The van der Waals surface area contributed by atoms with Crippen LogP contribution in [0.15, 0.2) is 55.6 Å². The van der Waals surface area contributed by atoms with E-state index in [2.05, 4.69) is 20.1 Å². The summed E-state index contributed by atoms with van der Waals surface area (Å²) in [7, 11) is 0. The van der Waals surface area contributed by atoms with Crippen LogP contribution in [0.3, 0.4) is 0 Å². The maximum absolute atomic E-state index is 14.4. The number of aliphatic hydroxyl groups excluding tert-OH is 1. The van der Waals surface area contributed by atoms with Crippen LogP contribution in [0.2, 0.25) is 0 Å². The molecule has 0 saturated carbocycles. The van der Waals surface area contributed by atoms with Gasteiger partial charge in [-0.05, 0) is 38.7 Å². The molecule has 0 radical (unpaired) electrons. The lowest BCUT2D eigenvalue weighted by Gasteiger charge is -2.39. The maximum Gasteiger partial charge on any atom is 0.247 e. The fraction of sp³-hybridized carbons (Fsp3) is 0.567. The number of rotatable bonds is 12. The first-order chi connectivity index (χ1) is 18.2. The van der Waals surface area contributed by atoms with Crippen molar-refractivity contribution in [1.82, 2.24) is 14.7 Å². The van der Waals surface area contributed by atoms with E-state index in [1.54, 1.807) is 45.5 Å². The van der Waals surface area contributed by atoms with Gasteiger partial charge in [-0.3, -0.25) is 14.4 Å². The number of carbonyl (C=O) groups excluding carboxylic acids is 3. The molecule has 38 heavy (non-hydrogen) atoms. The Bertz CT molecular complexity index is 1080. The van der Waals surface area contributed by atoms with E-state index >= 15 is 0 Å². The van der Waals surface area contributed by atoms with Crippen molar-refractivity contribution in [3.8, 4) is 0 Å². The normalized spacial score (nSPS) is 30.2. The number of thioether (sulfide) groups is 1. The summed E-state index contributed by atoms with van der Waals surface area (Å²) in [5.74, 6) is -1.49. The van der Waals surface area contributed by atoms with Crippen LogP contribution < -0.4 is 0 Å². The molecule has 3 fully saturated rings. The second kappa shape index (κ2) is 11.3. The summed E-state index contributed by atoms with van der Waals surface area (Å²) in [6, 6.07) is 8.48. The van der Waals surface area contributed by atoms with Crippen molar-refractivity contribution in [2.75, 3.05) is 26.2 Å². The number of carbonyl (C=O) groups is 3. The average Bonchev–Trinajstić information content (AvgIpc) is 3.48. The molecule has 3 heterocycles. The van der Waals surface area contributed by atoms with Crippen LogP contribution in [0.4, 0.5) is 0 Å². The summed E-state index contributed by atoms with van der Waals surface area (Å²) >= 11 is 1.66. The van der Waals surface area contributed by atoms with E-state index in [0.717, 1.165) is 18.4 Å². The average molecular weight is 540 g/mol. The fourth-order valence-corrected chi connectivity index (χ4v) is 9.19. The number of hydrogen-bond acceptors (Lipinski definition) is 5. The summed E-state index contributed by atoms with van der Waals surface area (Å²) in [5, 5.41) is 10.1. The van der Waals surface area contributed by atoms with Gasteiger partial charge < -0.3 is 19.8 Å². The number of hydrogen-bond donors (Lipinski definition) is 1. The molecule has 1 spiro atoms. The monoisotopic (exact) mass is 539 g/mol. The summed E-state index contributed by atoms with van der Waals surface area (Å²) < 4.78 is -1.14. The van der Waals surface area contributed by atoms with Gasteiger partial charge in [0.1, 0.15) is 6.04 Å². The van der Waals surface area contributed by atoms with Gasteiger partial charge in [-0.15, -0.1) is 24.9 Å². The van der Waals surface area contributed by atoms with Gasteiger partial charge in [0, 0.05) is 30.9 Å². The predicted octanol–water partition coefficient (Wildman–Crippen LogP) is 3.49.